The van der Waals surface area contributed by atoms with Crippen molar-refractivity contribution >= 4 is 21.6 Å². The quantitative estimate of drug-likeness (QED) is 0.446. The number of fused-ring (bicyclic) bond motifs is 1. The van der Waals surface area contributed by atoms with Crippen LogP contribution in [0.4, 0.5) is 10.1 Å². The Labute approximate surface area is 222 Å². The van der Waals surface area contributed by atoms with Crippen LogP contribution < -0.4 is 19.1 Å². The molecular weight excluding hydrogens is 509 g/mol. The van der Waals surface area contributed by atoms with Gasteiger partial charge in [-0.3, -0.25) is 14.0 Å². The fourth-order valence-corrected chi connectivity index (χ4v) is 6.12. The number of rotatable bonds is 9. The number of carbonyl (C=O) groups excluding carboxylic acids is 1. The molecule has 0 spiro atoms. The van der Waals surface area contributed by atoms with E-state index in [1.54, 1.807) is 0 Å². The van der Waals surface area contributed by atoms with Gasteiger partial charge in [0.05, 0.1) is 10.6 Å². The van der Waals surface area contributed by atoms with Gasteiger partial charge in [-0.2, -0.15) is 0 Å². The highest BCUT2D eigenvalue weighted by atomic mass is 32.2. The molecule has 1 saturated heterocycles. The van der Waals surface area contributed by atoms with E-state index in [4.69, 9.17) is 9.47 Å². The van der Waals surface area contributed by atoms with Crippen molar-refractivity contribution < 1.29 is 27.1 Å². The van der Waals surface area contributed by atoms with Crippen molar-refractivity contribution in [2.75, 3.05) is 37.2 Å². The van der Waals surface area contributed by atoms with Crippen molar-refractivity contribution in [2.45, 2.75) is 30.8 Å². The van der Waals surface area contributed by atoms with Crippen LogP contribution in [0.25, 0.3) is 0 Å². The lowest BCUT2D eigenvalue weighted by Crippen LogP contribution is -2.40. The molecule has 5 rings (SSSR count). The largest absolute Gasteiger partial charge is 0.486 e. The number of likely N-dealkylation sites (tertiary alicyclic amines) is 1. The summed E-state index contributed by atoms with van der Waals surface area (Å²) in [6, 6.07) is 17.2. The topological polar surface area (TPSA) is 88.2 Å². The molecule has 8 nitrogen and oxygen atoms in total. The SMILES string of the molecule is O=C(CN(c1ccc(F)cc1)S(=O)(=O)c1ccc2c(c1)OCCO2)NCc1ccccc1CN1CCCC1. The molecule has 3 aromatic rings. The molecule has 0 aromatic heterocycles. The van der Waals surface area contributed by atoms with Gasteiger partial charge in [0.15, 0.2) is 11.5 Å². The Morgan fingerprint density at radius 2 is 1.61 bits per heavy atom. The van der Waals surface area contributed by atoms with Crippen LogP contribution in [0.3, 0.4) is 0 Å². The molecule has 0 unspecified atom stereocenters. The normalized spacial score (nSPS) is 15.3. The lowest BCUT2D eigenvalue weighted by Gasteiger charge is -2.25. The number of amides is 1. The highest BCUT2D eigenvalue weighted by Crippen LogP contribution is 2.34. The van der Waals surface area contributed by atoms with Crippen LogP contribution in [-0.2, 0) is 27.9 Å². The molecular formula is C28H30FN3O5S. The Balaban J connectivity index is 1.35. The first-order valence-electron chi connectivity index (χ1n) is 12.6. The number of anilines is 1. The second-order valence-electron chi connectivity index (χ2n) is 9.32. The maximum Gasteiger partial charge on any atom is 0.264 e. The zero-order chi connectivity index (χ0) is 26.5. The van der Waals surface area contributed by atoms with Gasteiger partial charge in [-0.15, -0.1) is 0 Å². The molecule has 10 heteroatoms. The molecule has 2 heterocycles. The lowest BCUT2D eigenvalue weighted by atomic mass is 10.1. The summed E-state index contributed by atoms with van der Waals surface area (Å²) < 4.78 is 53.1. The number of ether oxygens (including phenoxy) is 2. The molecule has 0 aliphatic carbocycles. The Morgan fingerprint density at radius 3 is 2.34 bits per heavy atom. The summed E-state index contributed by atoms with van der Waals surface area (Å²) >= 11 is 0. The van der Waals surface area contributed by atoms with Gasteiger partial charge in [-0.25, -0.2) is 12.8 Å². The standard InChI is InChI=1S/C28H30FN3O5S/c29-23-7-9-24(10-8-23)32(38(34,35)25-11-12-26-27(17-25)37-16-15-36-26)20-28(33)30-18-21-5-1-2-6-22(21)19-31-13-3-4-14-31/h1-2,5-12,17H,3-4,13-16,18-20H2,(H,30,33). The minimum Gasteiger partial charge on any atom is -0.486 e. The van der Waals surface area contributed by atoms with Gasteiger partial charge in [0.25, 0.3) is 10.0 Å². The molecule has 1 N–H and O–H groups in total. The second kappa shape index (κ2) is 11.4. The number of benzene rings is 3. The van der Waals surface area contributed by atoms with Gasteiger partial charge >= 0.3 is 0 Å². The van der Waals surface area contributed by atoms with Crippen LogP contribution in [0, 0.1) is 5.82 Å². The van der Waals surface area contributed by atoms with Gasteiger partial charge in [0.2, 0.25) is 5.91 Å². The molecule has 0 atom stereocenters. The Bertz CT molecular complexity index is 1390. The summed E-state index contributed by atoms with van der Waals surface area (Å²) in [5.74, 6) is -0.222. The highest BCUT2D eigenvalue weighted by molar-refractivity contribution is 7.92. The summed E-state index contributed by atoms with van der Waals surface area (Å²) in [6.07, 6.45) is 2.38. The first-order chi connectivity index (χ1) is 18.4. The average Bonchev–Trinajstić information content (AvgIpc) is 3.44. The van der Waals surface area contributed by atoms with Gasteiger partial charge in [0.1, 0.15) is 25.6 Å². The van der Waals surface area contributed by atoms with Crippen molar-refractivity contribution in [1.82, 2.24) is 10.2 Å². The van der Waals surface area contributed by atoms with Crippen molar-refractivity contribution in [3.05, 3.63) is 83.7 Å². The van der Waals surface area contributed by atoms with E-state index < -0.39 is 28.3 Å². The van der Waals surface area contributed by atoms with E-state index >= 15 is 0 Å². The second-order valence-corrected chi connectivity index (χ2v) is 11.2. The number of halogens is 1. The van der Waals surface area contributed by atoms with Crippen LogP contribution in [0.15, 0.2) is 71.6 Å². The van der Waals surface area contributed by atoms with Crippen LogP contribution in [0.1, 0.15) is 24.0 Å². The number of sulfonamides is 1. The Hall–Kier alpha value is -3.63. The summed E-state index contributed by atoms with van der Waals surface area (Å²) in [5, 5.41) is 2.87. The minimum atomic E-state index is -4.19. The van der Waals surface area contributed by atoms with Crippen molar-refractivity contribution in [2.24, 2.45) is 0 Å². The molecule has 0 bridgehead atoms. The van der Waals surface area contributed by atoms with Crippen molar-refractivity contribution in [3.8, 4) is 11.5 Å². The number of hydrogen-bond acceptors (Lipinski definition) is 6. The van der Waals surface area contributed by atoms with Gasteiger partial charge in [0, 0.05) is 19.2 Å². The fraction of sp³-hybridized carbons (Fsp3) is 0.321. The molecule has 1 fully saturated rings. The zero-order valence-electron chi connectivity index (χ0n) is 20.9. The van der Waals surface area contributed by atoms with Crippen LogP contribution >= 0.6 is 0 Å². The van der Waals surface area contributed by atoms with E-state index in [2.05, 4.69) is 16.3 Å². The lowest BCUT2D eigenvalue weighted by molar-refractivity contribution is -0.119. The molecule has 3 aromatic carbocycles. The molecule has 200 valence electrons. The predicted molar refractivity (Wildman–Crippen MR) is 141 cm³/mol. The smallest absolute Gasteiger partial charge is 0.264 e. The van der Waals surface area contributed by atoms with Gasteiger partial charge in [-0.1, -0.05) is 24.3 Å². The minimum absolute atomic E-state index is 0.0603. The zero-order valence-corrected chi connectivity index (χ0v) is 21.8. The predicted octanol–water partition coefficient (Wildman–Crippen LogP) is 3.70. The molecule has 0 radical (unpaired) electrons. The number of nitrogens with zero attached hydrogens (tertiary/aromatic N) is 2. The third-order valence-corrected chi connectivity index (χ3v) is 8.46. The van der Waals surface area contributed by atoms with Crippen molar-refractivity contribution in [1.29, 1.82) is 0 Å². The fourth-order valence-electron chi connectivity index (χ4n) is 4.68. The number of hydrogen-bond donors (Lipinski definition) is 1. The summed E-state index contributed by atoms with van der Waals surface area (Å²) in [5.41, 5.74) is 2.29. The highest BCUT2D eigenvalue weighted by Gasteiger charge is 2.29. The molecule has 2 aliphatic rings. The first-order valence-corrected chi connectivity index (χ1v) is 14.1. The van der Waals surface area contributed by atoms with Crippen molar-refractivity contribution in [3.63, 3.8) is 0 Å². The van der Waals surface area contributed by atoms with E-state index in [9.17, 15) is 17.6 Å². The van der Waals surface area contributed by atoms with E-state index in [1.165, 1.54) is 43.2 Å². The van der Waals surface area contributed by atoms with E-state index in [-0.39, 0.29) is 17.1 Å². The van der Waals surface area contributed by atoms with Gasteiger partial charge < -0.3 is 14.8 Å². The first kappa shape index (κ1) is 26.0. The number of carbonyl (C=O) groups is 1. The van der Waals surface area contributed by atoms with Crippen LogP contribution in [0.5, 0.6) is 11.5 Å². The third kappa shape index (κ3) is 5.92. The maximum atomic E-state index is 13.7. The van der Waals surface area contributed by atoms with E-state index in [1.807, 2.05) is 18.2 Å². The van der Waals surface area contributed by atoms with E-state index in [0.717, 1.165) is 47.2 Å². The van der Waals surface area contributed by atoms with Crippen LogP contribution in [0.2, 0.25) is 0 Å². The average molecular weight is 540 g/mol. The molecule has 1 amide bonds. The molecule has 2 aliphatic heterocycles. The molecule has 38 heavy (non-hydrogen) atoms. The monoisotopic (exact) mass is 539 g/mol. The summed E-state index contributed by atoms with van der Waals surface area (Å²) in [6.45, 7) is 3.41. The number of nitrogens with one attached hydrogen (secondary N) is 1. The van der Waals surface area contributed by atoms with Gasteiger partial charge in [-0.05, 0) is 73.5 Å². The molecule has 0 saturated carbocycles. The Morgan fingerprint density at radius 1 is 0.921 bits per heavy atom. The summed E-state index contributed by atoms with van der Waals surface area (Å²) in [7, 11) is -4.19. The maximum absolute atomic E-state index is 13.7. The van der Waals surface area contributed by atoms with Crippen LogP contribution in [-0.4, -0.2) is 52.1 Å². The Kier molecular flexibility index (Phi) is 7.80. The summed E-state index contributed by atoms with van der Waals surface area (Å²) in [4.78, 5) is 15.4. The van der Waals surface area contributed by atoms with E-state index in [0.29, 0.717) is 24.7 Å². The third-order valence-electron chi connectivity index (χ3n) is 6.69.